The van der Waals surface area contributed by atoms with Crippen molar-refractivity contribution in [3.05, 3.63) is 60.3 Å². The number of anilines is 1. The Labute approximate surface area is 239 Å². The Bertz CT molecular complexity index is 1300. The number of unbranched alkanes of at least 4 members (excludes halogenated alkanes) is 4. The molecule has 0 bridgehead atoms. The summed E-state index contributed by atoms with van der Waals surface area (Å²) in [5, 5.41) is 14.8. The predicted octanol–water partition coefficient (Wildman–Crippen LogP) is 5.96. The molecule has 208 valence electrons. The maximum Gasteiger partial charge on any atom is 0.335 e. The number of methoxy groups -OCH3 is 1. The number of carboxylic acid groups (broad SMARTS) is 1. The van der Waals surface area contributed by atoms with Gasteiger partial charge >= 0.3 is 5.97 Å². The molecule has 0 aliphatic carbocycles. The van der Waals surface area contributed by atoms with E-state index in [4.69, 9.17) is 19.9 Å². The van der Waals surface area contributed by atoms with Crippen molar-refractivity contribution in [2.45, 2.75) is 32.1 Å². The van der Waals surface area contributed by atoms with Gasteiger partial charge in [-0.3, -0.25) is 4.90 Å². The molecule has 0 saturated carbocycles. The molecule has 5 rings (SSSR count). The van der Waals surface area contributed by atoms with Crippen LogP contribution in [0.2, 0.25) is 0 Å². The number of fused-ring (bicyclic) bond motifs is 1. The van der Waals surface area contributed by atoms with Crippen molar-refractivity contribution >= 4 is 40.4 Å². The topological polar surface area (TPSA) is 83.2 Å². The number of rotatable bonds is 12. The molecule has 1 saturated heterocycles. The van der Waals surface area contributed by atoms with Gasteiger partial charge in [-0.05, 0) is 55.8 Å². The molecule has 39 heavy (non-hydrogen) atoms. The van der Waals surface area contributed by atoms with Gasteiger partial charge in [0, 0.05) is 56.7 Å². The van der Waals surface area contributed by atoms with Gasteiger partial charge in [0.15, 0.2) is 0 Å². The monoisotopic (exact) mass is 569 g/mol. The Hall–Kier alpha value is -2.98. The molecule has 1 aliphatic rings. The fraction of sp³-hybridized carbons (Fsp3) is 0.414. The van der Waals surface area contributed by atoms with Crippen molar-refractivity contribution in [3.8, 4) is 21.8 Å². The molecule has 1 N–H and O–H groups in total. The van der Waals surface area contributed by atoms with E-state index in [-0.39, 0.29) is 18.0 Å². The van der Waals surface area contributed by atoms with Gasteiger partial charge < -0.3 is 14.7 Å². The first kappa shape index (κ1) is 29.0. The standard InChI is InChI=1S/C29H35N5O3S.ClH/c1-37-20-6-4-2-3-5-15-32-16-18-33(19-17-32)25-13-11-23(12-14-25)27-31-34-21-26(30-29(34)38-27)22-7-9-24(10-8-22)28(35)36;/h7-14,21H,2-6,15-20H2,1H3,(H,35,36);1H. The number of aromatic carboxylic acids is 1. The van der Waals surface area contributed by atoms with E-state index in [1.54, 1.807) is 47.2 Å². The summed E-state index contributed by atoms with van der Waals surface area (Å²) in [7, 11) is 1.78. The molecule has 10 heteroatoms. The maximum atomic E-state index is 11.1. The number of carbonyl (C=O) groups is 1. The fourth-order valence-electron chi connectivity index (χ4n) is 4.90. The molecular weight excluding hydrogens is 534 g/mol. The van der Waals surface area contributed by atoms with E-state index in [0.29, 0.717) is 0 Å². The molecular formula is C29H36ClN5O3S. The number of imidazole rings is 1. The van der Waals surface area contributed by atoms with Gasteiger partial charge in [0.1, 0.15) is 5.01 Å². The summed E-state index contributed by atoms with van der Waals surface area (Å²) in [5.74, 6) is -0.933. The third kappa shape index (κ3) is 7.36. The third-order valence-corrected chi connectivity index (χ3v) is 8.12. The molecule has 0 atom stereocenters. The lowest BCUT2D eigenvalue weighted by Gasteiger charge is -2.36. The zero-order valence-corrected chi connectivity index (χ0v) is 23.9. The molecule has 0 radical (unpaired) electrons. The second-order valence-corrected chi connectivity index (χ2v) is 10.7. The van der Waals surface area contributed by atoms with E-state index in [0.717, 1.165) is 59.6 Å². The van der Waals surface area contributed by atoms with E-state index in [9.17, 15) is 4.79 Å². The minimum absolute atomic E-state index is 0. The van der Waals surface area contributed by atoms with Crippen LogP contribution >= 0.6 is 23.7 Å². The second-order valence-electron chi connectivity index (χ2n) is 9.78. The number of aromatic nitrogens is 3. The number of ether oxygens (including phenoxy) is 1. The number of piperazine rings is 1. The molecule has 1 aliphatic heterocycles. The second kappa shape index (κ2) is 13.9. The fourth-order valence-corrected chi connectivity index (χ4v) is 5.78. The Morgan fingerprint density at radius 3 is 2.26 bits per heavy atom. The molecule has 2 aromatic carbocycles. The van der Waals surface area contributed by atoms with E-state index in [1.165, 1.54) is 44.3 Å². The number of halogens is 1. The molecule has 4 aromatic rings. The van der Waals surface area contributed by atoms with Gasteiger partial charge in [0.2, 0.25) is 4.96 Å². The summed E-state index contributed by atoms with van der Waals surface area (Å²) in [6.07, 6.45) is 8.25. The van der Waals surface area contributed by atoms with Crippen molar-refractivity contribution < 1.29 is 14.6 Å². The summed E-state index contributed by atoms with van der Waals surface area (Å²) < 4.78 is 6.92. The summed E-state index contributed by atoms with van der Waals surface area (Å²) in [6.45, 7) is 6.46. The van der Waals surface area contributed by atoms with E-state index < -0.39 is 5.97 Å². The van der Waals surface area contributed by atoms with Crippen LogP contribution in [0.15, 0.2) is 54.7 Å². The van der Waals surface area contributed by atoms with Crippen LogP contribution in [0.3, 0.4) is 0 Å². The Morgan fingerprint density at radius 2 is 1.59 bits per heavy atom. The largest absolute Gasteiger partial charge is 0.478 e. The molecule has 0 spiro atoms. The van der Waals surface area contributed by atoms with Crippen LogP contribution in [0, 0.1) is 0 Å². The van der Waals surface area contributed by atoms with Gasteiger partial charge in [-0.15, -0.1) is 12.4 Å². The normalized spacial score (nSPS) is 14.0. The average Bonchev–Trinajstić information content (AvgIpc) is 3.53. The molecule has 0 amide bonds. The molecule has 8 nitrogen and oxygen atoms in total. The number of benzene rings is 2. The number of hydrogen-bond donors (Lipinski definition) is 1. The van der Waals surface area contributed by atoms with Crippen LogP contribution in [0.4, 0.5) is 5.69 Å². The molecule has 0 unspecified atom stereocenters. The van der Waals surface area contributed by atoms with Crippen LogP contribution in [0.5, 0.6) is 0 Å². The minimum atomic E-state index is -0.933. The van der Waals surface area contributed by atoms with Crippen LogP contribution in [-0.2, 0) is 4.74 Å². The maximum absolute atomic E-state index is 11.1. The van der Waals surface area contributed by atoms with E-state index in [2.05, 4.69) is 34.1 Å². The highest BCUT2D eigenvalue weighted by Gasteiger charge is 2.17. The smallest absolute Gasteiger partial charge is 0.335 e. The predicted molar refractivity (Wildman–Crippen MR) is 160 cm³/mol. The molecule has 1 fully saturated rings. The lowest BCUT2D eigenvalue weighted by molar-refractivity contribution is 0.0697. The highest BCUT2D eigenvalue weighted by molar-refractivity contribution is 7.19. The lowest BCUT2D eigenvalue weighted by atomic mass is 10.1. The highest BCUT2D eigenvalue weighted by Crippen LogP contribution is 2.30. The van der Waals surface area contributed by atoms with Gasteiger partial charge in [0.05, 0.1) is 17.5 Å². The quantitative estimate of drug-likeness (QED) is 0.211. The van der Waals surface area contributed by atoms with E-state index in [1.807, 2.05) is 6.20 Å². The average molecular weight is 570 g/mol. The first-order chi connectivity index (χ1) is 18.6. The van der Waals surface area contributed by atoms with Gasteiger partial charge in [-0.2, -0.15) is 5.10 Å². The summed E-state index contributed by atoms with van der Waals surface area (Å²) in [4.78, 5) is 21.7. The van der Waals surface area contributed by atoms with E-state index >= 15 is 0 Å². The first-order valence-electron chi connectivity index (χ1n) is 13.4. The van der Waals surface area contributed by atoms with Gasteiger partial charge in [-0.1, -0.05) is 42.7 Å². The first-order valence-corrected chi connectivity index (χ1v) is 14.2. The number of carboxylic acids is 1. The van der Waals surface area contributed by atoms with Crippen molar-refractivity contribution in [2.75, 3.05) is 51.3 Å². The summed E-state index contributed by atoms with van der Waals surface area (Å²) in [5.41, 5.74) is 4.27. The number of nitrogens with zero attached hydrogens (tertiary/aromatic N) is 5. The minimum Gasteiger partial charge on any atom is -0.478 e. The zero-order valence-electron chi connectivity index (χ0n) is 22.3. The van der Waals surface area contributed by atoms with Crippen LogP contribution < -0.4 is 4.90 Å². The lowest BCUT2D eigenvalue weighted by Crippen LogP contribution is -2.46. The SMILES string of the molecule is COCCCCCCCN1CCN(c2ccc(-c3nn4cc(-c5ccc(C(=O)O)cc5)nc4s3)cc2)CC1.Cl. The van der Waals surface area contributed by atoms with Crippen molar-refractivity contribution in [2.24, 2.45) is 0 Å². The Balaban J connectivity index is 0.00000353. The Morgan fingerprint density at radius 1 is 0.923 bits per heavy atom. The van der Waals surface area contributed by atoms with Crippen molar-refractivity contribution in [1.29, 1.82) is 0 Å². The summed E-state index contributed by atoms with van der Waals surface area (Å²) in [6, 6.07) is 15.4. The van der Waals surface area contributed by atoms with Crippen LogP contribution in [-0.4, -0.2) is 77.0 Å². The zero-order chi connectivity index (χ0) is 26.3. The van der Waals surface area contributed by atoms with Crippen molar-refractivity contribution in [3.63, 3.8) is 0 Å². The Kier molecular flexibility index (Phi) is 10.3. The third-order valence-electron chi connectivity index (χ3n) is 7.15. The van der Waals surface area contributed by atoms with Crippen molar-refractivity contribution in [1.82, 2.24) is 19.5 Å². The van der Waals surface area contributed by atoms with Crippen LogP contribution in [0.25, 0.3) is 26.8 Å². The number of hydrogen-bond acceptors (Lipinski definition) is 7. The molecule has 3 heterocycles. The van der Waals surface area contributed by atoms with Gasteiger partial charge in [0.25, 0.3) is 0 Å². The summed E-state index contributed by atoms with van der Waals surface area (Å²) >= 11 is 1.55. The molecule has 2 aromatic heterocycles. The highest BCUT2D eigenvalue weighted by atomic mass is 35.5. The van der Waals surface area contributed by atoms with Crippen LogP contribution in [0.1, 0.15) is 42.5 Å². The van der Waals surface area contributed by atoms with Gasteiger partial charge in [-0.25, -0.2) is 14.3 Å².